The van der Waals surface area contributed by atoms with Gasteiger partial charge < -0.3 is 19.7 Å². The maximum Gasteiger partial charge on any atom is 0.119 e. The van der Waals surface area contributed by atoms with E-state index in [1.54, 1.807) is 13.8 Å². The first-order chi connectivity index (χ1) is 17.0. The zero-order valence-electron chi connectivity index (χ0n) is 20.0. The molecule has 0 spiro atoms. The van der Waals surface area contributed by atoms with Crippen LogP contribution in [-0.2, 0) is 5.41 Å². The molecule has 4 aromatic rings. The normalized spacial score (nSPS) is 15.1. The fraction of sp³-hybridized carbons (Fsp3) is 0.226. The number of ether oxygens (including phenoxy) is 2. The largest absolute Gasteiger partial charge is 0.491 e. The van der Waals surface area contributed by atoms with Crippen molar-refractivity contribution in [2.24, 2.45) is 0 Å². The van der Waals surface area contributed by atoms with Crippen LogP contribution in [0, 0.1) is 0 Å². The van der Waals surface area contributed by atoms with Gasteiger partial charge in [-0.05, 0) is 71.5 Å². The van der Waals surface area contributed by atoms with Crippen molar-refractivity contribution in [2.75, 3.05) is 13.2 Å². The zero-order valence-corrected chi connectivity index (χ0v) is 20.0. The smallest absolute Gasteiger partial charge is 0.119 e. The predicted molar refractivity (Wildman–Crippen MR) is 138 cm³/mol. The number of aliphatic hydroxyl groups is 2. The van der Waals surface area contributed by atoms with Gasteiger partial charge in [0.15, 0.2) is 0 Å². The minimum absolute atomic E-state index is 0.254. The van der Waals surface area contributed by atoms with E-state index in [1.165, 1.54) is 22.3 Å². The molecule has 0 saturated heterocycles. The summed E-state index contributed by atoms with van der Waals surface area (Å²) in [5.74, 6) is 1.46. The molecule has 0 saturated carbocycles. The van der Waals surface area contributed by atoms with E-state index < -0.39 is 17.6 Å². The molecule has 0 bridgehead atoms. The summed E-state index contributed by atoms with van der Waals surface area (Å²) in [4.78, 5) is 0. The second kappa shape index (κ2) is 9.57. The Hall–Kier alpha value is -3.60. The summed E-state index contributed by atoms with van der Waals surface area (Å²) in [6.07, 6.45) is -1.05. The Morgan fingerprint density at radius 1 is 0.571 bits per heavy atom. The fourth-order valence-electron chi connectivity index (χ4n) is 5.06. The topological polar surface area (TPSA) is 58.9 Å². The quantitative estimate of drug-likeness (QED) is 0.314. The second-order valence-electron chi connectivity index (χ2n) is 9.21. The van der Waals surface area contributed by atoms with Crippen molar-refractivity contribution in [1.29, 1.82) is 0 Å². The van der Waals surface area contributed by atoms with Crippen molar-refractivity contribution in [3.63, 3.8) is 0 Å². The first-order valence-electron chi connectivity index (χ1n) is 12.0. The van der Waals surface area contributed by atoms with Crippen LogP contribution in [0.4, 0.5) is 0 Å². The molecule has 1 aliphatic carbocycles. The monoisotopic (exact) mass is 466 g/mol. The molecule has 1 aliphatic rings. The minimum atomic E-state index is -0.524. The third-order valence-electron chi connectivity index (χ3n) is 6.51. The summed E-state index contributed by atoms with van der Waals surface area (Å²) < 4.78 is 11.5. The molecule has 4 aromatic carbocycles. The van der Waals surface area contributed by atoms with Crippen LogP contribution in [0.25, 0.3) is 11.1 Å². The Morgan fingerprint density at radius 2 is 0.943 bits per heavy atom. The predicted octanol–water partition coefficient (Wildman–Crippen LogP) is 5.57. The molecule has 0 amide bonds. The first-order valence-corrected chi connectivity index (χ1v) is 12.0. The van der Waals surface area contributed by atoms with Crippen molar-refractivity contribution in [1.82, 2.24) is 0 Å². The molecule has 4 nitrogen and oxygen atoms in total. The Morgan fingerprint density at radius 3 is 1.31 bits per heavy atom. The lowest BCUT2D eigenvalue weighted by atomic mass is 9.68. The van der Waals surface area contributed by atoms with Gasteiger partial charge in [-0.15, -0.1) is 0 Å². The highest BCUT2D eigenvalue weighted by Gasteiger charge is 2.45. The lowest BCUT2D eigenvalue weighted by molar-refractivity contribution is 0.122. The molecule has 0 aliphatic heterocycles. The summed E-state index contributed by atoms with van der Waals surface area (Å²) in [6, 6.07) is 33.6. The number of hydrogen-bond acceptors (Lipinski definition) is 4. The van der Waals surface area contributed by atoms with Crippen LogP contribution in [0.15, 0.2) is 97.1 Å². The summed E-state index contributed by atoms with van der Waals surface area (Å²) >= 11 is 0. The maximum atomic E-state index is 9.59. The standard InChI is InChI=1S/C31H30O4/c1-21(32)19-34-25-15-11-23(12-16-25)31(24-13-17-26(18-14-24)35-20-22(2)33)29-9-5-3-7-27(29)28-8-4-6-10-30(28)31/h3-18,21-22,32-33H,19-20H2,1-2H3. The SMILES string of the molecule is CC(O)COc1ccc(C2(c3ccc(OCC(C)O)cc3)c3ccccc3-c3ccccc32)cc1. The highest BCUT2D eigenvalue weighted by atomic mass is 16.5. The average Bonchev–Trinajstić information content (AvgIpc) is 3.18. The van der Waals surface area contributed by atoms with E-state index in [9.17, 15) is 10.2 Å². The zero-order chi connectivity index (χ0) is 24.4. The van der Waals surface area contributed by atoms with Crippen molar-refractivity contribution in [3.05, 3.63) is 119 Å². The molecule has 2 atom stereocenters. The van der Waals surface area contributed by atoms with Gasteiger partial charge in [0.1, 0.15) is 24.7 Å². The number of fused-ring (bicyclic) bond motifs is 3. The van der Waals surface area contributed by atoms with Crippen molar-refractivity contribution >= 4 is 0 Å². The molecular weight excluding hydrogens is 436 g/mol. The number of benzene rings is 4. The fourth-order valence-corrected chi connectivity index (χ4v) is 5.06. The van der Waals surface area contributed by atoms with E-state index in [1.807, 2.05) is 24.3 Å². The highest BCUT2D eigenvalue weighted by Crippen LogP contribution is 2.56. The van der Waals surface area contributed by atoms with Crippen LogP contribution in [0.2, 0.25) is 0 Å². The molecule has 0 aromatic heterocycles. The summed E-state index contributed by atoms with van der Waals surface area (Å²) in [5.41, 5.74) is 6.69. The molecule has 0 heterocycles. The van der Waals surface area contributed by atoms with Crippen molar-refractivity contribution < 1.29 is 19.7 Å². The van der Waals surface area contributed by atoms with Gasteiger partial charge in [-0.2, -0.15) is 0 Å². The van der Waals surface area contributed by atoms with Crippen LogP contribution in [-0.4, -0.2) is 35.6 Å². The van der Waals surface area contributed by atoms with E-state index >= 15 is 0 Å². The van der Waals surface area contributed by atoms with Gasteiger partial charge in [0.25, 0.3) is 0 Å². The minimum Gasteiger partial charge on any atom is -0.491 e. The molecule has 178 valence electrons. The van der Waals surface area contributed by atoms with Crippen LogP contribution in [0.3, 0.4) is 0 Å². The molecule has 0 fully saturated rings. The Kier molecular flexibility index (Phi) is 6.33. The van der Waals surface area contributed by atoms with E-state index in [0.29, 0.717) is 0 Å². The third-order valence-corrected chi connectivity index (χ3v) is 6.51. The molecule has 2 N–H and O–H groups in total. The Bertz CT molecular complexity index is 1190. The van der Waals surface area contributed by atoms with Crippen molar-refractivity contribution in [3.8, 4) is 22.6 Å². The lowest BCUT2D eigenvalue weighted by Crippen LogP contribution is -2.28. The summed E-state index contributed by atoms with van der Waals surface area (Å²) in [6.45, 7) is 3.93. The van der Waals surface area contributed by atoms with Gasteiger partial charge in [-0.25, -0.2) is 0 Å². The van der Waals surface area contributed by atoms with Gasteiger partial charge in [0.2, 0.25) is 0 Å². The van der Waals surface area contributed by atoms with Gasteiger partial charge in [0, 0.05) is 0 Å². The highest BCUT2D eigenvalue weighted by molar-refractivity contribution is 5.86. The van der Waals surface area contributed by atoms with E-state index in [4.69, 9.17) is 9.47 Å². The lowest BCUT2D eigenvalue weighted by Gasteiger charge is -2.34. The molecule has 5 rings (SSSR count). The van der Waals surface area contributed by atoms with Crippen LogP contribution < -0.4 is 9.47 Å². The third kappa shape index (κ3) is 4.20. The molecule has 0 radical (unpaired) electrons. The average molecular weight is 467 g/mol. The molecule has 35 heavy (non-hydrogen) atoms. The van der Waals surface area contributed by atoms with E-state index in [2.05, 4.69) is 72.8 Å². The Labute approximate surface area is 206 Å². The summed E-state index contributed by atoms with van der Waals surface area (Å²) in [5, 5.41) is 19.2. The van der Waals surface area contributed by atoms with Gasteiger partial charge >= 0.3 is 0 Å². The molecule has 4 heteroatoms. The summed E-state index contributed by atoms with van der Waals surface area (Å²) in [7, 11) is 0. The number of hydrogen-bond donors (Lipinski definition) is 2. The Balaban J connectivity index is 1.67. The number of aliphatic hydroxyl groups excluding tert-OH is 2. The van der Waals surface area contributed by atoms with Gasteiger partial charge in [-0.3, -0.25) is 0 Å². The first kappa shape index (κ1) is 23.2. The van der Waals surface area contributed by atoms with Crippen LogP contribution in [0.1, 0.15) is 36.1 Å². The van der Waals surface area contributed by atoms with Gasteiger partial charge in [-0.1, -0.05) is 72.8 Å². The van der Waals surface area contributed by atoms with E-state index in [0.717, 1.165) is 22.6 Å². The molecular formula is C31H30O4. The van der Waals surface area contributed by atoms with Crippen LogP contribution in [0.5, 0.6) is 11.5 Å². The van der Waals surface area contributed by atoms with Gasteiger partial charge in [0.05, 0.1) is 17.6 Å². The van der Waals surface area contributed by atoms with Crippen LogP contribution >= 0.6 is 0 Å². The van der Waals surface area contributed by atoms with Crippen molar-refractivity contribution in [2.45, 2.75) is 31.5 Å². The second-order valence-corrected chi connectivity index (χ2v) is 9.21. The molecule has 2 unspecified atom stereocenters. The van der Waals surface area contributed by atoms with E-state index in [-0.39, 0.29) is 13.2 Å². The number of rotatable bonds is 8. The maximum absolute atomic E-state index is 9.59.